The highest BCUT2D eigenvalue weighted by Gasteiger charge is 2.70. The molecule has 1 saturated carbocycles. The number of hydrogen-bond acceptors (Lipinski definition) is 9. The second-order valence-electron chi connectivity index (χ2n) is 13.7. The number of carbonyl (C=O) groups is 4. The Kier molecular flexibility index (Phi) is 8.57. The predicted molar refractivity (Wildman–Crippen MR) is 197 cm³/mol. The minimum atomic E-state index is -1.64. The Morgan fingerprint density at radius 1 is 0.963 bits per heavy atom. The number of nitro groups is 1. The molecule has 4 aromatic carbocycles. The van der Waals surface area contributed by atoms with Crippen molar-refractivity contribution in [2.45, 2.75) is 24.2 Å². The van der Waals surface area contributed by atoms with E-state index in [-0.39, 0.29) is 45.9 Å². The summed E-state index contributed by atoms with van der Waals surface area (Å²) in [6.07, 6.45) is 2.01. The van der Waals surface area contributed by atoms with Crippen LogP contribution in [0.5, 0.6) is 11.5 Å². The number of benzene rings is 4. The van der Waals surface area contributed by atoms with Crippen molar-refractivity contribution in [1.29, 1.82) is 0 Å². The molecule has 12 nitrogen and oxygen atoms in total. The van der Waals surface area contributed by atoms with Crippen LogP contribution in [-0.4, -0.2) is 45.8 Å². The first-order valence-electron chi connectivity index (χ1n) is 16.9. The maximum Gasteiger partial charge on any atom is 0.269 e. The molecule has 3 fully saturated rings. The normalized spacial score (nSPS) is 25.9. The quantitative estimate of drug-likeness (QED) is 0.0863. The summed E-state index contributed by atoms with van der Waals surface area (Å²) >= 11 is 9.78. The molecule has 0 spiro atoms. The lowest BCUT2D eigenvalue weighted by Gasteiger charge is -2.50. The summed E-state index contributed by atoms with van der Waals surface area (Å²) in [7, 11) is 1.38. The van der Waals surface area contributed by atoms with Gasteiger partial charge in [0.25, 0.3) is 17.5 Å². The van der Waals surface area contributed by atoms with Crippen LogP contribution in [0, 0.1) is 39.6 Å². The number of allylic oxidation sites excluding steroid dienone is 2. The van der Waals surface area contributed by atoms with Crippen molar-refractivity contribution >= 4 is 68.2 Å². The number of imide groups is 2. The number of phenolic OH excluding ortho intramolecular Hbond substituents is 1. The molecule has 4 aliphatic rings. The molecule has 2 heterocycles. The van der Waals surface area contributed by atoms with E-state index in [1.807, 2.05) is 6.08 Å². The number of halogens is 3. The molecule has 2 aliphatic carbocycles. The number of phenols is 1. The van der Waals surface area contributed by atoms with Crippen LogP contribution >= 0.6 is 27.5 Å². The Bertz CT molecular complexity index is 2310. The van der Waals surface area contributed by atoms with Crippen LogP contribution in [0.25, 0.3) is 0 Å². The fraction of sp³-hybridized carbons (Fsp3) is 0.231. The highest BCUT2D eigenvalue weighted by atomic mass is 79.9. The van der Waals surface area contributed by atoms with Crippen LogP contribution in [0.1, 0.15) is 29.9 Å². The summed E-state index contributed by atoms with van der Waals surface area (Å²) in [6, 6.07) is 20.2. The van der Waals surface area contributed by atoms with Crippen LogP contribution < -0.4 is 15.1 Å². The molecule has 6 unspecified atom stereocenters. The zero-order chi connectivity index (χ0) is 38.2. The third-order valence-corrected chi connectivity index (χ3v) is 12.0. The van der Waals surface area contributed by atoms with E-state index in [2.05, 4.69) is 21.4 Å². The van der Waals surface area contributed by atoms with Gasteiger partial charge in [-0.05, 0) is 106 Å². The van der Waals surface area contributed by atoms with Gasteiger partial charge in [-0.15, -0.1) is 0 Å². The topological polar surface area (TPSA) is 159 Å². The number of methoxy groups -OCH3 is 1. The molecule has 4 amide bonds. The van der Waals surface area contributed by atoms with E-state index in [4.69, 9.17) is 16.3 Å². The maximum atomic E-state index is 15.3. The Hall–Kier alpha value is -5.60. The number of fused-ring (bicyclic) bond motifs is 4. The van der Waals surface area contributed by atoms with Crippen molar-refractivity contribution in [3.05, 3.63) is 133 Å². The largest absolute Gasteiger partial charge is 0.503 e. The fourth-order valence-corrected chi connectivity index (χ4v) is 9.51. The summed E-state index contributed by atoms with van der Waals surface area (Å²) in [6.45, 7) is 0. The van der Waals surface area contributed by atoms with Crippen molar-refractivity contribution in [1.82, 2.24) is 5.01 Å². The van der Waals surface area contributed by atoms with Gasteiger partial charge in [-0.3, -0.25) is 39.6 Å². The van der Waals surface area contributed by atoms with Crippen LogP contribution in [0.15, 0.2) is 101 Å². The molecule has 54 heavy (non-hydrogen) atoms. The number of carbonyl (C=O) groups excluding carboxylic acids is 4. The highest BCUT2D eigenvalue weighted by molar-refractivity contribution is 9.10. The Labute approximate surface area is 320 Å². The van der Waals surface area contributed by atoms with Gasteiger partial charge in [0.2, 0.25) is 11.8 Å². The number of nitro benzene ring substituents is 1. The molecule has 15 heteroatoms. The molecule has 6 atom stereocenters. The van der Waals surface area contributed by atoms with Crippen molar-refractivity contribution in [3.63, 3.8) is 0 Å². The monoisotopic (exact) mass is 814 g/mol. The smallest absolute Gasteiger partial charge is 0.269 e. The Balaban J connectivity index is 1.32. The van der Waals surface area contributed by atoms with Crippen LogP contribution in [-0.2, 0) is 24.6 Å². The third-order valence-electron chi connectivity index (χ3n) is 11.2. The number of amides is 4. The number of ether oxygens (including phenoxy) is 1. The predicted octanol–water partition coefficient (Wildman–Crippen LogP) is 7.05. The third kappa shape index (κ3) is 5.22. The van der Waals surface area contributed by atoms with Crippen LogP contribution in [0.2, 0.25) is 5.02 Å². The van der Waals surface area contributed by atoms with E-state index in [0.717, 1.165) is 9.91 Å². The molecular weight excluding hydrogens is 787 g/mol. The lowest BCUT2D eigenvalue weighted by molar-refractivity contribution is -0.384. The first kappa shape index (κ1) is 35.4. The first-order chi connectivity index (χ1) is 25.9. The Morgan fingerprint density at radius 2 is 1.65 bits per heavy atom. The highest BCUT2D eigenvalue weighted by Crippen LogP contribution is 2.65. The maximum absolute atomic E-state index is 15.3. The van der Waals surface area contributed by atoms with Crippen LogP contribution in [0.3, 0.4) is 0 Å². The van der Waals surface area contributed by atoms with E-state index in [1.165, 1.54) is 55.6 Å². The fourth-order valence-electron chi connectivity index (χ4n) is 8.92. The van der Waals surface area contributed by atoms with Crippen molar-refractivity contribution in [2.75, 3.05) is 17.4 Å². The minimum absolute atomic E-state index is 0.00179. The number of rotatable bonds is 7. The summed E-state index contributed by atoms with van der Waals surface area (Å²) < 4.78 is 19.7. The molecule has 2 N–H and O–H groups in total. The lowest BCUT2D eigenvalue weighted by atomic mass is 9.49. The first-order valence-corrected chi connectivity index (χ1v) is 18.1. The molecule has 0 aromatic heterocycles. The summed E-state index contributed by atoms with van der Waals surface area (Å²) in [5.74, 6) is -7.28. The van der Waals surface area contributed by atoms with Gasteiger partial charge in [-0.25, -0.2) is 4.39 Å². The number of non-ortho nitro benzene ring substituents is 1. The molecule has 4 aromatic rings. The van der Waals surface area contributed by atoms with Gasteiger partial charge in [-0.2, -0.15) is 5.01 Å². The average molecular weight is 816 g/mol. The van der Waals surface area contributed by atoms with E-state index in [0.29, 0.717) is 21.7 Å². The number of aromatic hydroxyl groups is 1. The van der Waals surface area contributed by atoms with Gasteiger partial charge in [0, 0.05) is 23.1 Å². The molecule has 274 valence electrons. The Morgan fingerprint density at radius 3 is 2.30 bits per heavy atom. The SMILES string of the molecule is COc1cc(C2C3=CCC4C(=O)N(c5ccc([N+](=O)[O-])cc5)C(=O)C4C3CC3C(=O)N(Nc4ccc(F)cc4)C(=O)C32c2ccc(Cl)cc2)cc(Br)c1O. The number of nitrogens with zero attached hydrogens (tertiary/aromatic N) is 3. The second-order valence-corrected chi connectivity index (χ2v) is 15.0. The summed E-state index contributed by atoms with van der Waals surface area (Å²) in [5.41, 5.74) is 3.12. The van der Waals surface area contributed by atoms with E-state index < -0.39 is 69.4 Å². The van der Waals surface area contributed by atoms with Gasteiger partial charge in [0.05, 0.1) is 51.0 Å². The molecule has 2 saturated heterocycles. The summed E-state index contributed by atoms with van der Waals surface area (Å²) in [5, 5.41) is 23.5. The lowest BCUT2D eigenvalue weighted by Crippen LogP contribution is -2.53. The molecule has 0 radical (unpaired) electrons. The van der Waals surface area contributed by atoms with E-state index in [1.54, 1.807) is 36.4 Å². The van der Waals surface area contributed by atoms with E-state index >= 15 is 4.79 Å². The van der Waals surface area contributed by atoms with Crippen LogP contribution in [0.4, 0.5) is 21.5 Å². The van der Waals surface area contributed by atoms with Crippen molar-refractivity contribution in [2.24, 2.45) is 23.7 Å². The number of nitrogens with one attached hydrogen (secondary N) is 1. The molecule has 2 aliphatic heterocycles. The van der Waals surface area contributed by atoms with Gasteiger partial charge >= 0.3 is 0 Å². The molecule has 0 bridgehead atoms. The van der Waals surface area contributed by atoms with Crippen molar-refractivity contribution in [3.8, 4) is 11.5 Å². The zero-order valence-corrected chi connectivity index (χ0v) is 30.6. The number of anilines is 2. The van der Waals surface area contributed by atoms with Crippen molar-refractivity contribution < 1.29 is 38.3 Å². The molecular formula is C39H29BrClFN4O8. The van der Waals surface area contributed by atoms with Gasteiger partial charge in [0.1, 0.15) is 5.82 Å². The number of hydrazine groups is 1. The standard InChI is InChI=1S/C39H29BrClFN4O8/c1-54-31-17-19(16-30(40)34(31)47)33-26-14-15-27-32(37(50)44(35(27)48)24-10-12-25(13-11-24)46(52)53)28(26)18-29-36(49)45(43-23-8-6-22(42)7-9-23)38(51)39(29,33)20-2-4-21(41)5-3-20/h2-14,16-17,27-29,32-33,43,47H,15,18H2,1H3. The minimum Gasteiger partial charge on any atom is -0.503 e. The average Bonchev–Trinajstić information content (AvgIpc) is 3.54. The zero-order valence-electron chi connectivity index (χ0n) is 28.2. The second kappa shape index (κ2) is 13.1. The van der Waals surface area contributed by atoms with E-state index in [9.17, 15) is 34.0 Å². The van der Waals surface area contributed by atoms with Gasteiger partial charge in [0.15, 0.2) is 11.5 Å². The number of hydrogen-bond donors (Lipinski definition) is 2. The van der Waals surface area contributed by atoms with Gasteiger partial charge in [-0.1, -0.05) is 35.4 Å². The molecule has 8 rings (SSSR count). The summed E-state index contributed by atoms with van der Waals surface area (Å²) in [4.78, 5) is 70.4. The van der Waals surface area contributed by atoms with Gasteiger partial charge < -0.3 is 9.84 Å².